The highest BCUT2D eigenvalue weighted by molar-refractivity contribution is 5.94. The number of hydrogen-bond acceptors (Lipinski definition) is 3. The second kappa shape index (κ2) is 9.15. The summed E-state index contributed by atoms with van der Waals surface area (Å²) in [6.07, 6.45) is 0.994. The Morgan fingerprint density at radius 1 is 1.04 bits per heavy atom. The molecule has 26 heavy (non-hydrogen) atoms. The van der Waals surface area contributed by atoms with Crippen molar-refractivity contribution in [3.8, 4) is 0 Å². The van der Waals surface area contributed by atoms with Crippen LogP contribution in [0.5, 0.6) is 0 Å². The summed E-state index contributed by atoms with van der Waals surface area (Å²) in [4.78, 5) is 26.3. The maximum absolute atomic E-state index is 12.4. The fourth-order valence-corrected chi connectivity index (χ4v) is 3.04. The van der Waals surface area contributed by atoms with Gasteiger partial charge in [0.05, 0.1) is 13.2 Å². The van der Waals surface area contributed by atoms with E-state index in [2.05, 4.69) is 5.32 Å². The average Bonchev–Trinajstić information content (AvgIpc) is 2.72. The molecule has 1 fully saturated rings. The Labute approximate surface area is 154 Å². The molecule has 1 N–H and O–H groups in total. The van der Waals surface area contributed by atoms with E-state index in [1.165, 1.54) is 0 Å². The minimum Gasteiger partial charge on any atom is -0.370 e. The molecule has 1 aliphatic rings. The van der Waals surface area contributed by atoms with Gasteiger partial charge in [-0.15, -0.1) is 0 Å². The van der Waals surface area contributed by atoms with Crippen LogP contribution in [0.4, 0.5) is 0 Å². The van der Waals surface area contributed by atoms with Crippen LogP contribution in [0, 0.1) is 0 Å². The van der Waals surface area contributed by atoms with Crippen LogP contribution in [0.2, 0.25) is 0 Å². The third-order valence-corrected chi connectivity index (χ3v) is 4.48. The van der Waals surface area contributed by atoms with Crippen LogP contribution in [-0.2, 0) is 9.53 Å². The summed E-state index contributed by atoms with van der Waals surface area (Å²) in [7, 11) is 0. The monoisotopic (exact) mass is 352 g/mol. The van der Waals surface area contributed by atoms with Crippen LogP contribution in [0.1, 0.15) is 34.9 Å². The largest absolute Gasteiger partial charge is 0.370 e. The number of carbonyl (C=O) groups excluding carboxylic acids is 2. The summed E-state index contributed by atoms with van der Waals surface area (Å²) in [6.45, 7) is 2.25. The molecule has 2 aromatic rings. The molecule has 3 rings (SSSR count). The van der Waals surface area contributed by atoms with E-state index in [-0.39, 0.29) is 17.9 Å². The topological polar surface area (TPSA) is 58.6 Å². The van der Waals surface area contributed by atoms with E-state index < -0.39 is 0 Å². The molecule has 5 nitrogen and oxygen atoms in total. The molecule has 1 saturated heterocycles. The first-order valence-corrected chi connectivity index (χ1v) is 9.01. The van der Waals surface area contributed by atoms with E-state index in [0.29, 0.717) is 44.6 Å². The second-order valence-corrected chi connectivity index (χ2v) is 6.34. The van der Waals surface area contributed by atoms with E-state index in [4.69, 9.17) is 4.74 Å². The van der Waals surface area contributed by atoms with Gasteiger partial charge in [0, 0.05) is 25.1 Å². The van der Waals surface area contributed by atoms with Crippen LogP contribution < -0.4 is 5.32 Å². The lowest BCUT2D eigenvalue weighted by Gasteiger charge is -2.33. The van der Waals surface area contributed by atoms with Crippen molar-refractivity contribution in [3.05, 3.63) is 71.8 Å². The number of carbonyl (C=O) groups is 2. The zero-order chi connectivity index (χ0) is 18.2. The fraction of sp³-hybridized carbons (Fsp3) is 0.333. The number of hydrogen-bond donors (Lipinski definition) is 1. The van der Waals surface area contributed by atoms with Gasteiger partial charge in [-0.05, 0) is 24.1 Å². The predicted octanol–water partition coefficient (Wildman–Crippen LogP) is 2.80. The van der Waals surface area contributed by atoms with Crippen molar-refractivity contribution < 1.29 is 14.3 Å². The van der Waals surface area contributed by atoms with Crippen LogP contribution in [-0.4, -0.2) is 43.0 Å². The highest BCUT2D eigenvalue weighted by atomic mass is 16.5. The van der Waals surface area contributed by atoms with Crippen molar-refractivity contribution in [3.63, 3.8) is 0 Å². The maximum atomic E-state index is 12.4. The van der Waals surface area contributed by atoms with E-state index in [0.717, 1.165) is 5.56 Å². The first-order valence-electron chi connectivity index (χ1n) is 9.01. The number of rotatable bonds is 6. The highest BCUT2D eigenvalue weighted by Crippen LogP contribution is 2.22. The number of morpholine rings is 1. The molecule has 0 saturated carbocycles. The molecule has 0 aliphatic carbocycles. The first kappa shape index (κ1) is 18.1. The molecule has 0 aromatic heterocycles. The molecule has 0 radical (unpaired) electrons. The van der Waals surface area contributed by atoms with Gasteiger partial charge < -0.3 is 15.0 Å². The third-order valence-electron chi connectivity index (χ3n) is 4.48. The molecule has 1 heterocycles. The summed E-state index contributed by atoms with van der Waals surface area (Å²) in [6, 6.07) is 19.1. The van der Waals surface area contributed by atoms with Crippen molar-refractivity contribution in [1.82, 2.24) is 10.2 Å². The van der Waals surface area contributed by atoms with Gasteiger partial charge in [-0.3, -0.25) is 9.59 Å². The summed E-state index contributed by atoms with van der Waals surface area (Å²) >= 11 is 0. The normalized spacial score (nSPS) is 16.9. The Hall–Kier alpha value is -2.66. The van der Waals surface area contributed by atoms with Crippen molar-refractivity contribution in [2.45, 2.75) is 18.9 Å². The molecular formula is C21H24N2O3. The minimum absolute atomic E-state index is 0.0633. The fourth-order valence-electron chi connectivity index (χ4n) is 3.04. The lowest BCUT2D eigenvalue weighted by Crippen LogP contribution is -2.42. The lowest BCUT2D eigenvalue weighted by molar-refractivity contribution is -0.139. The second-order valence-electron chi connectivity index (χ2n) is 6.34. The molecule has 2 amide bonds. The standard InChI is InChI=1S/C21H24N2O3/c24-20(12-7-13-22-21(25)18-10-5-2-6-11-18)23-14-15-26-19(16-23)17-8-3-1-4-9-17/h1-6,8-11,19H,7,12-16H2,(H,22,25). The van der Waals surface area contributed by atoms with Gasteiger partial charge in [0.15, 0.2) is 0 Å². The Morgan fingerprint density at radius 2 is 1.73 bits per heavy atom. The SMILES string of the molecule is O=C(NCCCC(=O)N1CCOC(c2ccccc2)C1)c1ccccc1. The van der Waals surface area contributed by atoms with Crippen molar-refractivity contribution in [2.24, 2.45) is 0 Å². The first-order chi connectivity index (χ1) is 12.7. The highest BCUT2D eigenvalue weighted by Gasteiger charge is 2.24. The smallest absolute Gasteiger partial charge is 0.251 e. The summed E-state index contributed by atoms with van der Waals surface area (Å²) in [5.41, 5.74) is 1.73. The van der Waals surface area contributed by atoms with Crippen molar-refractivity contribution in [2.75, 3.05) is 26.2 Å². The van der Waals surface area contributed by atoms with Crippen molar-refractivity contribution in [1.29, 1.82) is 0 Å². The van der Waals surface area contributed by atoms with Gasteiger partial charge in [0.2, 0.25) is 5.91 Å². The molecule has 0 spiro atoms. The van der Waals surface area contributed by atoms with Crippen LogP contribution in [0.3, 0.4) is 0 Å². The van der Waals surface area contributed by atoms with E-state index in [1.54, 1.807) is 12.1 Å². The molecular weight excluding hydrogens is 328 g/mol. The molecule has 1 unspecified atom stereocenters. The minimum atomic E-state index is -0.103. The van der Waals surface area contributed by atoms with Gasteiger partial charge in [0.1, 0.15) is 6.10 Å². The van der Waals surface area contributed by atoms with Gasteiger partial charge in [0.25, 0.3) is 5.91 Å². The zero-order valence-electron chi connectivity index (χ0n) is 14.8. The lowest BCUT2D eigenvalue weighted by atomic mass is 10.1. The predicted molar refractivity (Wildman–Crippen MR) is 99.7 cm³/mol. The molecule has 136 valence electrons. The Morgan fingerprint density at radius 3 is 2.46 bits per heavy atom. The molecule has 5 heteroatoms. The van der Waals surface area contributed by atoms with E-state index in [1.807, 2.05) is 53.4 Å². The number of benzene rings is 2. The number of nitrogens with zero attached hydrogens (tertiary/aromatic N) is 1. The van der Waals surface area contributed by atoms with Crippen LogP contribution in [0.25, 0.3) is 0 Å². The Bertz CT molecular complexity index is 719. The molecule has 1 atom stereocenters. The Kier molecular flexibility index (Phi) is 6.39. The third kappa shape index (κ3) is 4.92. The van der Waals surface area contributed by atoms with E-state index in [9.17, 15) is 9.59 Å². The number of nitrogens with one attached hydrogen (secondary N) is 1. The Balaban J connectivity index is 1.41. The van der Waals surface area contributed by atoms with Gasteiger partial charge >= 0.3 is 0 Å². The summed E-state index contributed by atoms with van der Waals surface area (Å²) in [5, 5.41) is 2.86. The summed E-state index contributed by atoms with van der Waals surface area (Å²) in [5.74, 6) is 0.0109. The molecule has 1 aliphatic heterocycles. The van der Waals surface area contributed by atoms with Crippen LogP contribution >= 0.6 is 0 Å². The van der Waals surface area contributed by atoms with Crippen molar-refractivity contribution >= 4 is 11.8 Å². The quantitative estimate of drug-likeness (QED) is 0.814. The number of ether oxygens (including phenoxy) is 1. The molecule has 0 bridgehead atoms. The average molecular weight is 352 g/mol. The number of amides is 2. The van der Waals surface area contributed by atoms with Gasteiger partial charge in [-0.25, -0.2) is 0 Å². The van der Waals surface area contributed by atoms with Gasteiger partial charge in [-0.2, -0.15) is 0 Å². The summed E-state index contributed by atoms with van der Waals surface area (Å²) < 4.78 is 5.80. The molecule has 2 aromatic carbocycles. The zero-order valence-corrected chi connectivity index (χ0v) is 14.8. The van der Waals surface area contributed by atoms with Gasteiger partial charge in [-0.1, -0.05) is 48.5 Å². The maximum Gasteiger partial charge on any atom is 0.251 e. The van der Waals surface area contributed by atoms with Crippen LogP contribution in [0.15, 0.2) is 60.7 Å². The van der Waals surface area contributed by atoms with E-state index >= 15 is 0 Å².